The molecule has 1 N–H and O–H groups in total. The van der Waals surface area contributed by atoms with E-state index in [0.717, 1.165) is 5.69 Å². The second-order valence-electron chi connectivity index (χ2n) is 3.34. The average Bonchev–Trinajstić information content (AvgIpc) is 2.38. The second-order valence-corrected chi connectivity index (χ2v) is 3.34. The van der Waals surface area contributed by atoms with Crippen LogP contribution >= 0.6 is 0 Å². The lowest BCUT2D eigenvalue weighted by molar-refractivity contribution is 0.235. The van der Waals surface area contributed by atoms with Crippen LogP contribution in [0.1, 0.15) is 11.5 Å². The van der Waals surface area contributed by atoms with Crippen LogP contribution in [0.2, 0.25) is 0 Å². The first kappa shape index (κ1) is 11.3. The van der Waals surface area contributed by atoms with Crippen LogP contribution in [0.5, 0.6) is 5.75 Å². The molecule has 88 valence electrons. The number of ether oxygens (including phenoxy) is 1. The van der Waals surface area contributed by atoms with Gasteiger partial charge in [0.05, 0.1) is 5.69 Å². The Morgan fingerprint density at radius 1 is 1.41 bits per heavy atom. The van der Waals surface area contributed by atoms with E-state index in [1.165, 1.54) is 12.3 Å². The van der Waals surface area contributed by atoms with Crippen LogP contribution in [0.4, 0.5) is 0 Å². The van der Waals surface area contributed by atoms with Crippen molar-refractivity contribution in [1.29, 1.82) is 0 Å². The summed E-state index contributed by atoms with van der Waals surface area (Å²) in [5.41, 5.74) is 0.398. The number of nitrogens with zero attached hydrogens (tertiary/aromatic N) is 1. The van der Waals surface area contributed by atoms with Crippen LogP contribution in [0.3, 0.4) is 0 Å². The summed E-state index contributed by atoms with van der Waals surface area (Å²) < 4.78 is 10.3. The van der Waals surface area contributed by atoms with Gasteiger partial charge < -0.3 is 14.3 Å². The van der Waals surface area contributed by atoms with Crippen LogP contribution in [0.15, 0.2) is 45.9 Å². The molecule has 0 saturated carbocycles. The van der Waals surface area contributed by atoms with E-state index in [1.807, 2.05) is 6.07 Å². The molecule has 2 aromatic heterocycles. The Morgan fingerprint density at radius 3 is 2.94 bits per heavy atom. The highest BCUT2D eigenvalue weighted by Crippen LogP contribution is 2.07. The van der Waals surface area contributed by atoms with Gasteiger partial charge in [-0.1, -0.05) is 6.07 Å². The molecule has 0 fully saturated rings. The Morgan fingerprint density at radius 2 is 2.29 bits per heavy atom. The molecule has 0 amide bonds. The van der Waals surface area contributed by atoms with Crippen LogP contribution in [-0.4, -0.2) is 10.1 Å². The van der Waals surface area contributed by atoms with Crippen molar-refractivity contribution in [3.8, 4) is 5.75 Å². The molecular weight excluding hydrogens is 222 g/mol. The maximum Gasteiger partial charge on any atom is 0.227 e. The van der Waals surface area contributed by atoms with Gasteiger partial charge in [-0.3, -0.25) is 9.78 Å². The molecule has 0 unspecified atom stereocenters. The van der Waals surface area contributed by atoms with Gasteiger partial charge in [0.25, 0.3) is 0 Å². The van der Waals surface area contributed by atoms with E-state index in [2.05, 4.69) is 4.98 Å². The first-order valence-corrected chi connectivity index (χ1v) is 5.05. The summed E-state index contributed by atoms with van der Waals surface area (Å²) >= 11 is 0. The lowest BCUT2D eigenvalue weighted by Crippen LogP contribution is -2.08. The third kappa shape index (κ3) is 2.92. The van der Waals surface area contributed by atoms with Crippen molar-refractivity contribution in [3.63, 3.8) is 0 Å². The minimum atomic E-state index is -0.323. The molecule has 0 bridgehead atoms. The summed E-state index contributed by atoms with van der Waals surface area (Å²) in [5, 5.41) is 8.78. The van der Waals surface area contributed by atoms with E-state index in [4.69, 9.17) is 14.3 Å². The monoisotopic (exact) mass is 233 g/mol. The number of rotatable bonds is 4. The minimum absolute atomic E-state index is 0.104. The van der Waals surface area contributed by atoms with Crippen molar-refractivity contribution in [3.05, 3.63) is 58.4 Å². The van der Waals surface area contributed by atoms with Gasteiger partial charge >= 0.3 is 0 Å². The Balaban J connectivity index is 2.07. The molecule has 17 heavy (non-hydrogen) atoms. The number of hydrogen-bond acceptors (Lipinski definition) is 5. The van der Waals surface area contributed by atoms with Crippen molar-refractivity contribution in [2.45, 2.75) is 13.2 Å². The van der Waals surface area contributed by atoms with Gasteiger partial charge in [-0.15, -0.1) is 0 Å². The SMILES string of the molecule is O=c1cc(CO)occ1OCc1ccccn1. The summed E-state index contributed by atoms with van der Waals surface area (Å²) in [7, 11) is 0. The quantitative estimate of drug-likeness (QED) is 0.856. The molecule has 0 saturated heterocycles. The molecule has 2 heterocycles. The lowest BCUT2D eigenvalue weighted by Gasteiger charge is -2.04. The maximum absolute atomic E-state index is 11.5. The van der Waals surface area contributed by atoms with Crippen molar-refractivity contribution >= 4 is 0 Å². The fourth-order valence-corrected chi connectivity index (χ4v) is 1.26. The number of aliphatic hydroxyl groups excluding tert-OH is 1. The first-order valence-electron chi connectivity index (χ1n) is 5.05. The Bertz CT molecular complexity index is 536. The third-order valence-electron chi connectivity index (χ3n) is 2.11. The van der Waals surface area contributed by atoms with Crippen LogP contribution in [-0.2, 0) is 13.2 Å². The molecule has 0 aromatic carbocycles. The smallest absolute Gasteiger partial charge is 0.227 e. The van der Waals surface area contributed by atoms with E-state index < -0.39 is 0 Å². The van der Waals surface area contributed by atoms with Gasteiger partial charge in [0, 0.05) is 12.3 Å². The topological polar surface area (TPSA) is 72.6 Å². The van der Waals surface area contributed by atoms with Crippen molar-refractivity contribution < 1.29 is 14.3 Å². The normalized spacial score (nSPS) is 10.2. The summed E-state index contributed by atoms with van der Waals surface area (Å²) in [6, 6.07) is 6.63. The van der Waals surface area contributed by atoms with E-state index in [-0.39, 0.29) is 30.2 Å². The van der Waals surface area contributed by atoms with Gasteiger partial charge in [0.2, 0.25) is 11.2 Å². The summed E-state index contributed by atoms with van der Waals surface area (Å²) in [6.07, 6.45) is 2.84. The van der Waals surface area contributed by atoms with Crippen LogP contribution in [0, 0.1) is 0 Å². The zero-order valence-corrected chi connectivity index (χ0v) is 9.00. The van der Waals surface area contributed by atoms with Crippen LogP contribution in [0.25, 0.3) is 0 Å². The van der Waals surface area contributed by atoms with Gasteiger partial charge in [0.1, 0.15) is 25.2 Å². The standard InChI is InChI=1S/C12H11NO4/c14-6-10-5-11(15)12(8-16-10)17-7-9-3-1-2-4-13-9/h1-5,8,14H,6-7H2. The zero-order chi connectivity index (χ0) is 12.1. The third-order valence-corrected chi connectivity index (χ3v) is 2.11. The predicted molar refractivity (Wildman–Crippen MR) is 59.5 cm³/mol. The molecule has 0 spiro atoms. The molecule has 0 radical (unpaired) electrons. The molecule has 0 atom stereocenters. The average molecular weight is 233 g/mol. The fourth-order valence-electron chi connectivity index (χ4n) is 1.26. The Labute approximate surface area is 97.3 Å². The highest BCUT2D eigenvalue weighted by molar-refractivity contribution is 5.17. The van der Waals surface area contributed by atoms with Gasteiger partial charge in [0.15, 0.2) is 0 Å². The highest BCUT2D eigenvalue weighted by Gasteiger charge is 2.04. The molecule has 0 aliphatic rings. The Kier molecular flexibility index (Phi) is 3.52. The molecule has 2 aromatic rings. The zero-order valence-electron chi connectivity index (χ0n) is 9.00. The predicted octanol–water partition coefficient (Wildman–Crippen LogP) is 1.11. The van der Waals surface area contributed by atoms with Crippen molar-refractivity contribution in [1.82, 2.24) is 4.98 Å². The molecule has 5 heteroatoms. The van der Waals surface area contributed by atoms with Crippen molar-refractivity contribution in [2.75, 3.05) is 0 Å². The summed E-state index contributed by atoms with van der Waals surface area (Å²) in [5.74, 6) is 0.313. The van der Waals surface area contributed by atoms with E-state index in [1.54, 1.807) is 18.3 Å². The van der Waals surface area contributed by atoms with Gasteiger partial charge in [-0.05, 0) is 12.1 Å². The molecule has 2 rings (SSSR count). The lowest BCUT2D eigenvalue weighted by atomic mass is 10.3. The largest absolute Gasteiger partial charge is 0.480 e. The molecular formula is C12H11NO4. The number of aliphatic hydroxyl groups is 1. The second kappa shape index (κ2) is 5.27. The molecule has 0 aliphatic carbocycles. The van der Waals surface area contributed by atoms with Crippen LogP contribution < -0.4 is 10.2 Å². The van der Waals surface area contributed by atoms with Gasteiger partial charge in [-0.25, -0.2) is 0 Å². The summed E-state index contributed by atoms with van der Waals surface area (Å²) in [6.45, 7) is -0.111. The maximum atomic E-state index is 11.5. The molecule has 5 nitrogen and oxygen atoms in total. The first-order chi connectivity index (χ1) is 8.29. The molecule has 0 aliphatic heterocycles. The number of pyridine rings is 1. The van der Waals surface area contributed by atoms with Gasteiger partial charge in [-0.2, -0.15) is 0 Å². The van der Waals surface area contributed by atoms with E-state index in [9.17, 15) is 4.79 Å². The summed E-state index contributed by atoms with van der Waals surface area (Å²) in [4.78, 5) is 15.6. The fraction of sp³-hybridized carbons (Fsp3) is 0.167. The number of hydrogen-bond donors (Lipinski definition) is 1. The number of aromatic nitrogens is 1. The minimum Gasteiger partial charge on any atom is -0.480 e. The highest BCUT2D eigenvalue weighted by atomic mass is 16.5. The van der Waals surface area contributed by atoms with E-state index >= 15 is 0 Å². The Hall–Kier alpha value is -2.14. The van der Waals surface area contributed by atoms with E-state index in [0.29, 0.717) is 0 Å². The van der Waals surface area contributed by atoms with Crippen molar-refractivity contribution in [2.24, 2.45) is 0 Å².